The van der Waals surface area contributed by atoms with Gasteiger partial charge in [-0.2, -0.15) is 13.2 Å². The average Bonchev–Trinajstić information content (AvgIpc) is 2.28. The highest BCUT2D eigenvalue weighted by molar-refractivity contribution is 5.93. The van der Waals surface area contributed by atoms with Crippen LogP contribution in [0.1, 0.15) is 16.8 Å². The molecule has 0 aromatic carbocycles. The van der Waals surface area contributed by atoms with Gasteiger partial charge in [-0.25, -0.2) is 9.78 Å². The molecule has 5 nitrogen and oxygen atoms in total. The van der Waals surface area contributed by atoms with Crippen LogP contribution in [-0.2, 0) is 4.74 Å². The third-order valence-electron chi connectivity index (χ3n) is 1.94. The minimum atomic E-state index is -4.33. The van der Waals surface area contributed by atoms with Crippen LogP contribution in [0.4, 0.5) is 19.0 Å². The number of carbonyl (C=O) groups excluding carboxylic acids is 1. The maximum absolute atomic E-state index is 11.9. The number of nitrogen functional groups attached to an aromatic ring is 1. The second kappa shape index (κ2) is 5.56. The molecule has 0 bridgehead atoms. The fourth-order valence-electron chi connectivity index (χ4n) is 1.12. The first-order valence-corrected chi connectivity index (χ1v) is 4.87. The second-order valence-corrected chi connectivity index (χ2v) is 3.31. The van der Waals surface area contributed by atoms with Gasteiger partial charge in [0.1, 0.15) is 11.4 Å². The maximum Gasteiger partial charge on any atom is 0.392 e. The molecule has 0 saturated carbocycles. The predicted molar refractivity (Wildman–Crippen MR) is 56.2 cm³/mol. The molecule has 2 N–H and O–H groups in total. The predicted octanol–water partition coefficient (Wildman–Crippen LogP) is 1.78. The number of aromatic nitrogens is 1. The average molecular weight is 264 g/mol. The van der Waals surface area contributed by atoms with Gasteiger partial charge in [0.15, 0.2) is 5.75 Å². The lowest BCUT2D eigenvalue weighted by atomic mass is 10.2. The molecule has 0 spiro atoms. The molecule has 0 radical (unpaired) electrons. The normalized spacial score (nSPS) is 11.1. The van der Waals surface area contributed by atoms with Gasteiger partial charge in [-0.1, -0.05) is 0 Å². The van der Waals surface area contributed by atoms with Crippen LogP contribution in [0.5, 0.6) is 5.75 Å². The Morgan fingerprint density at radius 2 is 2.17 bits per heavy atom. The molecule has 0 aliphatic heterocycles. The van der Waals surface area contributed by atoms with E-state index in [1.165, 1.54) is 6.07 Å². The third-order valence-corrected chi connectivity index (χ3v) is 1.94. The van der Waals surface area contributed by atoms with E-state index < -0.39 is 25.2 Å². The number of carbonyl (C=O) groups is 1. The smallest absolute Gasteiger partial charge is 0.392 e. The summed E-state index contributed by atoms with van der Waals surface area (Å²) < 4.78 is 45.1. The molecule has 100 valence electrons. The molecule has 0 fully saturated rings. The van der Waals surface area contributed by atoms with Crippen molar-refractivity contribution in [3.8, 4) is 5.75 Å². The molecule has 0 aliphatic rings. The summed E-state index contributed by atoms with van der Waals surface area (Å²) in [6.45, 7) is -0.612. The summed E-state index contributed by atoms with van der Waals surface area (Å²) in [6, 6.07) is 1.18. The monoisotopic (exact) mass is 264 g/mol. The number of methoxy groups -OCH3 is 1. The Kier molecular flexibility index (Phi) is 4.35. The number of hydrogen-bond acceptors (Lipinski definition) is 5. The fourth-order valence-corrected chi connectivity index (χ4v) is 1.12. The van der Waals surface area contributed by atoms with Crippen LogP contribution in [0.2, 0.25) is 0 Å². The molecule has 0 atom stereocenters. The number of hydrogen-bond donors (Lipinski definition) is 1. The van der Waals surface area contributed by atoms with E-state index in [0.29, 0.717) is 0 Å². The van der Waals surface area contributed by atoms with Crippen LogP contribution in [-0.4, -0.2) is 30.8 Å². The molecular weight excluding hydrogens is 253 g/mol. The fraction of sp³-hybridized carbons (Fsp3) is 0.400. The van der Waals surface area contributed by atoms with Crippen LogP contribution in [0.3, 0.4) is 0 Å². The van der Waals surface area contributed by atoms with Crippen molar-refractivity contribution in [1.82, 2.24) is 4.98 Å². The summed E-state index contributed by atoms with van der Waals surface area (Å²) in [7, 11) is 1.14. The number of ether oxygens (including phenoxy) is 2. The molecule has 0 amide bonds. The Hall–Kier alpha value is -1.99. The van der Waals surface area contributed by atoms with Gasteiger partial charge in [0, 0.05) is 0 Å². The van der Waals surface area contributed by atoms with E-state index in [4.69, 9.17) is 10.5 Å². The second-order valence-electron chi connectivity index (χ2n) is 3.31. The summed E-state index contributed by atoms with van der Waals surface area (Å²) in [5.41, 5.74) is 5.30. The van der Waals surface area contributed by atoms with E-state index in [1.54, 1.807) is 0 Å². The first kappa shape index (κ1) is 14.1. The lowest BCUT2D eigenvalue weighted by Crippen LogP contribution is -2.15. The van der Waals surface area contributed by atoms with Crippen molar-refractivity contribution in [3.05, 3.63) is 17.8 Å². The molecule has 1 rings (SSSR count). The van der Waals surface area contributed by atoms with Gasteiger partial charge in [0.2, 0.25) is 0 Å². The SMILES string of the molecule is COC(=O)c1cc(N)ncc1OCCC(F)(F)F. The first-order chi connectivity index (χ1) is 8.33. The number of esters is 1. The standard InChI is InChI=1S/C10H11F3N2O3/c1-17-9(16)6-4-8(14)15-5-7(6)18-3-2-10(11,12)13/h4-5H,2-3H2,1H3,(H2,14,15). The van der Waals surface area contributed by atoms with Crippen LogP contribution in [0, 0.1) is 0 Å². The Bertz CT molecular complexity index is 435. The number of halogens is 3. The van der Waals surface area contributed by atoms with E-state index in [1.807, 2.05) is 0 Å². The minimum absolute atomic E-state index is 0.0403. The molecule has 0 unspecified atom stereocenters. The van der Waals surface area contributed by atoms with Crippen LogP contribution >= 0.6 is 0 Å². The zero-order valence-corrected chi connectivity index (χ0v) is 9.45. The van der Waals surface area contributed by atoms with E-state index in [-0.39, 0.29) is 17.1 Å². The highest BCUT2D eigenvalue weighted by atomic mass is 19.4. The molecule has 0 saturated heterocycles. The molecule has 8 heteroatoms. The van der Waals surface area contributed by atoms with Gasteiger partial charge in [-0.15, -0.1) is 0 Å². The van der Waals surface area contributed by atoms with Crippen molar-refractivity contribution in [2.75, 3.05) is 19.5 Å². The van der Waals surface area contributed by atoms with Gasteiger partial charge in [-0.3, -0.25) is 0 Å². The van der Waals surface area contributed by atoms with Gasteiger partial charge in [0.25, 0.3) is 0 Å². The van der Waals surface area contributed by atoms with Gasteiger partial charge in [-0.05, 0) is 6.07 Å². The van der Waals surface area contributed by atoms with Gasteiger partial charge in [0.05, 0.1) is 26.3 Å². The Labute approximate surface area is 101 Å². The van der Waals surface area contributed by atoms with E-state index in [2.05, 4.69) is 9.72 Å². The molecule has 1 aromatic rings. The van der Waals surface area contributed by atoms with E-state index >= 15 is 0 Å². The largest absolute Gasteiger partial charge is 0.491 e. The molecule has 18 heavy (non-hydrogen) atoms. The number of nitrogens with zero attached hydrogens (tertiary/aromatic N) is 1. The first-order valence-electron chi connectivity index (χ1n) is 4.87. The van der Waals surface area contributed by atoms with E-state index in [0.717, 1.165) is 13.3 Å². The number of alkyl halides is 3. The Morgan fingerprint density at radius 3 is 2.72 bits per heavy atom. The van der Waals surface area contributed by atoms with Crippen molar-refractivity contribution in [1.29, 1.82) is 0 Å². The number of nitrogens with two attached hydrogens (primary N) is 1. The van der Waals surface area contributed by atoms with Crippen LogP contribution < -0.4 is 10.5 Å². The summed E-state index contributed by atoms with van der Waals surface area (Å²) in [5, 5.41) is 0. The molecular formula is C10H11F3N2O3. The number of anilines is 1. The molecule has 0 aliphatic carbocycles. The van der Waals surface area contributed by atoms with E-state index in [9.17, 15) is 18.0 Å². The summed E-state index contributed by atoms with van der Waals surface area (Å²) in [6.07, 6.45) is -4.37. The van der Waals surface area contributed by atoms with Crippen LogP contribution in [0.15, 0.2) is 12.3 Å². The zero-order chi connectivity index (χ0) is 13.8. The Morgan fingerprint density at radius 1 is 1.50 bits per heavy atom. The van der Waals surface area contributed by atoms with Crippen molar-refractivity contribution >= 4 is 11.8 Å². The zero-order valence-electron chi connectivity index (χ0n) is 9.45. The highest BCUT2D eigenvalue weighted by Crippen LogP contribution is 2.23. The maximum atomic E-state index is 11.9. The van der Waals surface area contributed by atoms with Gasteiger partial charge < -0.3 is 15.2 Å². The summed E-state index contributed by atoms with van der Waals surface area (Å²) in [4.78, 5) is 15.0. The minimum Gasteiger partial charge on any atom is -0.491 e. The summed E-state index contributed by atoms with van der Waals surface area (Å²) >= 11 is 0. The van der Waals surface area contributed by atoms with Crippen molar-refractivity contribution in [2.45, 2.75) is 12.6 Å². The third kappa shape index (κ3) is 4.11. The van der Waals surface area contributed by atoms with Crippen LogP contribution in [0.25, 0.3) is 0 Å². The lowest BCUT2D eigenvalue weighted by molar-refractivity contribution is -0.139. The quantitative estimate of drug-likeness (QED) is 0.839. The van der Waals surface area contributed by atoms with Crippen molar-refractivity contribution in [3.63, 3.8) is 0 Å². The molecule has 1 aromatic heterocycles. The number of rotatable bonds is 4. The van der Waals surface area contributed by atoms with Crippen molar-refractivity contribution < 1.29 is 27.4 Å². The van der Waals surface area contributed by atoms with Gasteiger partial charge >= 0.3 is 12.1 Å². The molecule has 1 heterocycles. The topological polar surface area (TPSA) is 74.4 Å². The summed E-state index contributed by atoms with van der Waals surface area (Å²) in [5.74, 6) is -0.815. The highest BCUT2D eigenvalue weighted by Gasteiger charge is 2.27. The number of pyridine rings is 1. The van der Waals surface area contributed by atoms with Crippen molar-refractivity contribution in [2.24, 2.45) is 0 Å². The Balaban J connectivity index is 2.79. The lowest BCUT2D eigenvalue weighted by Gasteiger charge is -2.11.